The van der Waals surface area contributed by atoms with E-state index in [0.717, 1.165) is 0 Å². The number of carbonyl (C=O) groups is 1. The molecule has 0 aromatic carbocycles. The molecule has 78 valence electrons. The van der Waals surface area contributed by atoms with Crippen LogP contribution in [-0.2, 0) is 21.1 Å². The average Bonchev–Trinajstić information content (AvgIpc) is 2.47. The number of nitrogens with zero attached hydrogens (tertiary/aromatic N) is 4. The second-order valence-corrected chi connectivity index (χ2v) is 2.50. The van der Waals surface area contributed by atoms with Crippen molar-refractivity contribution in [3.8, 4) is 0 Å². The molecule has 1 amide bonds. The van der Waals surface area contributed by atoms with Crippen molar-refractivity contribution in [2.24, 2.45) is 16.1 Å². The summed E-state index contributed by atoms with van der Waals surface area (Å²) in [4.78, 5) is 17.1. The van der Waals surface area contributed by atoms with Crippen LogP contribution < -0.4 is 5.73 Å². The van der Waals surface area contributed by atoms with Crippen LogP contribution in [0.1, 0.15) is 10.5 Å². The van der Waals surface area contributed by atoms with Gasteiger partial charge >= 0.3 is 21.1 Å². The van der Waals surface area contributed by atoms with Crippen molar-refractivity contribution in [1.29, 1.82) is 0 Å². The van der Waals surface area contributed by atoms with Crippen LogP contribution >= 0.6 is 0 Å². The molecule has 1 aromatic heterocycles. The molecular formula is C6H10N6OPt+2. The smallest absolute Gasteiger partial charge is 0.364 e. The fourth-order valence-electron chi connectivity index (χ4n) is 0.676. The number of H-pyrrole nitrogens is 1. The number of rotatable bonds is 3. The van der Waals surface area contributed by atoms with E-state index in [1.165, 1.54) is 11.3 Å². The van der Waals surface area contributed by atoms with Gasteiger partial charge in [-0.1, -0.05) is 5.22 Å². The molecule has 0 saturated carbocycles. The quantitative estimate of drug-likeness (QED) is 0.576. The summed E-state index contributed by atoms with van der Waals surface area (Å²) < 4.78 is 0. The van der Waals surface area contributed by atoms with E-state index in [4.69, 9.17) is 5.73 Å². The number of nitrogens with one attached hydrogen (secondary N) is 1. The normalized spacial score (nSPS) is 9.86. The Morgan fingerprint density at radius 2 is 2.29 bits per heavy atom. The molecule has 0 unspecified atom stereocenters. The fourth-order valence-corrected chi connectivity index (χ4v) is 0.676. The van der Waals surface area contributed by atoms with Gasteiger partial charge in [-0.25, -0.2) is 4.98 Å². The van der Waals surface area contributed by atoms with Crippen LogP contribution in [0.4, 0.5) is 5.82 Å². The van der Waals surface area contributed by atoms with E-state index >= 15 is 0 Å². The minimum Gasteiger partial charge on any atom is -0.364 e. The molecule has 0 radical (unpaired) electrons. The van der Waals surface area contributed by atoms with Crippen LogP contribution in [0.15, 0.2) is 16.7 Å². The zero-order valence-corrected chi connectivity index (χ0v) is 9.94. The summed E-state index contributed by atoms with van der Waals surface area (Å²) in [5.41, 5.74) is 5.20. The molecule has 0 bridgehead atoms. The van der Waals surface area contributed by atoms with Gasteiger partial charge in [-0.2, -0.15) is 0 Å². The van der Waals surface area contributed by atoms with Gasteiger partial charge in [0.1, 0.15) is 0 Å². The maximum atomic E-state index is 10.8. The SMILES string of the molecule is CN(C)/N=N/c1nc[nH]c1C(N)=O.[Pt+2]. The number of hydrogen-bond donors (Lipinski definition) is 2. The number of aromatic nitrogens is 2. The molecule has 0 spiro atoms. The van der Waals surface area contributed by atoms with E-state index in [1.54, 1.807) is 14.1 Å². The Labute approximate surface area is 95.0 Å². The van der Waals surface area contributed by atoms with Gasteiger partial charge in [-0.05, 0) is 0 Å². The molecule has 14 heavy (non-hydrogen) atoms. The molecule has 3 N–H and O–H groups in total. The molecule has 0 aliphatic heterocycles. The van der Waals surface area contributed by atoms with Gasteiger partial charge in [0.25, 0.3) is 5.91 Å². The third-order valence-corrected chi connectivity index (χ3v) is 1.18. The Morgan fingerprint density at radius 3 is 2.79 bits per heavy atom. The van der Waals surface area contributed by atoms with Crippen LogP contribution in [0.3, 0.4) is 0 Å². The maximum Gasteiger partial charge on any atom is 2.00 e. The molecule has 0 fully saturated rings. The third-order valence-electron chi connectivity index (χ3n) is 1.18. The van der Waals surface area contributed by atoms with Gasteiger partial charge in [0, 0.05) is 14.1 Å². The summed E-state index contributed by atoms with van der Waals surface area (Å²) in [6.07, 6.45) is 1.34. The van der Waals surface area contributed by atoms with Crippen molar-refractivity contribution in [3.05, 3.63) is 12.0 Å². The zero-order valence-electron chi connectivity index (χ0n) is 7.67. The number of aromatic amines is 1. The standard InChI is InChI=1S/C6H10N6O.Pt/c1-12(2)11-10-6-4(5(7)13)8-3-9-6;/h3H,1-2H3,(H2,7,13)(H,8,9);/q;+2/b11-10+;. The first kappa shape index (κ1) is 12.8. The van der Waals surface area contributed by atoms with Crippen molar-refractivity contribution < 1.29 is 25.9 Å². The minimum atomic E-state index is -0.606. The first-order valence-electron chi connectivity index (χ1n) is 3.53. The second-order valence-electron chi connectivity index (χ2n) is 2.50. The predicted molar refractivity (Wildman–Crippen MR) is 45.3 cm³/mol. The molecule has 0 saturated heterocycles. The van der Waals surface area contributed by atoms with Gasteiger partial charge in [0.15, 0.2) is 5.69 Å². The molecule has 0 aliphatic rings. The summed E-state index contributed by atoms with van der Waals surface area (Å²) in [5, 5.41) is 8.86. The largest absolute Gasteiger partial charge is 2.00 e. The first-order valence-corrected chi connectivity index (χ1v) is 3.53. The van der Waals surface area contributed by atoms with Crippen LogP contribution in [0.5, 0.6) is 0 Å². The number of imidazole rings is 1. The summed E-state index contributed by atoms with van der Waals surface area (Å²) >= 11 is 0. The van der Waals surface area contributed by atoms with Gasteiger partial charge in [-0.15, -0.1) is 5.11 Å². The van der Waals surface area contributed by atoms with E-state index in [9.17, 15) is 4.79 Å². The molecular weight excluding hydrogens is 367 g/mol. The van der Waals surface area contributed by atoms with Gasteiger partial charge in [0.2, 0.25) is 5.82 Å². The number of amides is 1. The number of hydrogen-bond acceptors (Lipinski definition) is 4. The van der Waals surface area contributed by atoms with Gasteiger partial charge in [0.05, 0.1) is 6.33 Å². The Hall–Kier alpha value is -1.23. The minimum absolute atomic E-state index is 0. The molecule has 1 rings (SSSR count). The first-order chi connectivity index (χ1) is 6.11. The molecule has 1 aromatic rings. The number of carbonyl (C=O) groups excluding carboxylic acids is 1. The Kier molecular flexibility index (Phi) is 5.01. The Balaban J connectivity index is 0.00000169. The van der Waals surface area contributed by atoms with E-state index in [0.29, 0.717) is 0 Å². The van der Waals surface area contributed by atoms with Crippen LogP contribution in [0, 0.1) is 0 Å². The summed E-state index contributed by atoms with van der Waals surface area (Å²) in [7, 11) is 3.42. The van der Waals surface area contributed by atoms with Crippen LogP contribution in [0.2, 0.25) is 0 Å². The fraction of sp³-hybridized carbons (Fsp3) is 0.333. The molecule has 1 heterocycles. The monoisotopic (exact) mass is 377 g/mol. The molecule has 8 heteroatoms. The third kappa shape index (κ3) is 3.25. The zero-order chi connectivity index (χ0) is 9.84. The van der Waals surface area contributed by atoms with Crippen LogP contribution in [-0.4, -0.2) is 35.0 Å². The Bertz CT molecular complexity index is 333. The topological polar surface area (TPSA) is 99.7 Å². The van der Waals surface area contributed by atoms with Crippen LogP contribution in [0.25, 0.3) is 0 Å². The average molecular weight is 377 g/mol. The number of nitrogens with two attached hydrogens (primary N) is 1. The van der Waals surface area contributed by atoms with Crippen molar-refractivity contribution in [1.82, 2.24) is 15.0 Å². The van der Waals surface area contributed by atoms with Gasteiger partial charge < -0.3 is 10.7 Å². The van der Waals surface area contributed by atoms with E-state index < -0.39 is 5.91 Å². The maximum absolute atomic E-state index is 10.8. The summed E-state index contributed by atoms with van der Waals surface area (Å²) in [5.74, 6) is -0.411. The summed E-state index contributed by atoms with van der Waals surface area (Å²) in [6.45, 7) is 0. The van der Waals surface area contributed by atoms with E-state index in [-0.39, 0.29) is 32.6 Å². The van der Waals surface area contributed by atoms with Crippen molar-refractivity contribution >= 4 is 11.7 Å². The van der Waals surface area contributed by atoms with Crippen molar-refractivity contribution in [2.45, 2.75) is 0 Å². The van der Waals surface area contributed by atoms with E-state index in [2.05, 4.69) is 20.3 Å². The molecule has 7 nitrogen and oxygen atoms in total. The van der Waals surface area contributed by atoms with E-state index in [1.807, 2.05) is 0 Å². The van der Waals surface area contributed by atoms with Crippen molar-refractivity contribution in [2.75, 3.05) is 14.1 Å². The second kappa shape index (κ2) is 5.49. The molecule has 0 atom stereocenters. The van der Waals surface area contributed by atoms with Gasteiger partial charge in [-0.3, -0.25) is 9.80 Å². The Morgan fingerprint density at radius 1 is 1.64 bits per heavy atom. The summed E-state index contributed by atoms with van der Waals surface area (Å²) in [6, 6.07) is 0. The van der Waals surface area contributed by atoms with Crippen molar-refractivity contribution in [3.63, 3.8) is 0 Å². The predicted octanol–water partition coefficient (Wildman–Crippen LogP) is 0.0664. The molecule has 0 aliphatic carbocycles. The number of primary amides is 1.